The van der Waals surface area contributed by atoms with E-state index >= 15 is 0 Å². The number of carbonyl (C=O) groups is 4. The van der Waals surface area contributed by atoms with Crippen LogP contribution in [0.2, 0.25) is 0 Å². The van der Waals surface area contributed by atoms with Crippen LogP contribution in [0.15, 0.2) is 0 Å². The third kappa shape index (κ3) is 7.94. The Balaban J connectivity index is 4.68. The number of hydrogen-bond donors (Lipinski definition) is 6. The minimum Gasteiger partial charge on any atom is -0.480 e. The summed E-state index contributed by atoms with van der Waals surface area (Å²) in [6, 6.07) is -3.23. The predicted octanol–water partition coefficient (Wildman–Crippen LogP) is -2.07. The van der Waals surface area contributed by atoms with E-state index in [1.165, 1.54) is 13.8 Å². The van der Waals surface area contributed by atoms with Gasteiger partial charge in [-0.15, -0.1) is 0 Å². The second-order valence-electron chi connectivity index (χ2n) is 5.98. The lowest BCUT2D eigenvalue weighted by atomic mass is 9.99. The molecule has 0 aromatic rings. The van der Waals surface area contributed by atoms with E-state index in [9.17, 15) is 24.3 Å². The predicted molar refractivity (Wildman–Crippen MR) is 89.3 cm³/mol. The molecule has 0 saturated heterocycles. The van der Waals surface area contributed by atoms with Gasteiger partial charge in [0.15, 0.2) is 0 Å². The van der Waals surface area contributed by atoms with Crippen LogP contribution in [0.1, 0.15) is 34.1 Å². The SMILES string of the molecule is CCC(C)C(N)C(=O)NC(C(=O)NCC(=O)NC(C)C(=O)O)C(C)O. The molecule has 0 aromatic heterocycles. The maximum Gasteiger partial charge on any atom is 0.325 e. The van der Waals surface area contributed by atoms with Crippen LogP contribution in [0, 0.1) is 5.92 Å². The van der Waals surface area contributed by atoms with Crippen molar-refractivity contribution in [3.63, 3.8) is 0 Å². The lowest BCUT2D eigenvalue weighted by Crippen LogP contribution is -2.57. The number of nitrogens with one attached hydrogen (secondary N) is 3. The van der Waals surface area contributed by atoms with Crippen molar-refractivity contribution in [2.24, 2.45) is 11.7 Å². The van der Waals surface area contributed by atoms with Gasteiger partial charge in [0.25, 0.3) is 0 Å². The fourth-order valence-corrected chi connectivity index (χ4v) is 1.80. The molecule has 5 unspecified atom stereocenters. The van der Waals surface area contributed by atoms with E-state index < -0.39 is 54.5 Å². The zero-order chi connectivity index (χ0) is 19.7. The fourth-order valence-electron chi connectivity index (χ4n) is 1.80. The molecule has 0 heterocycles. The first kappa shape index (κ1) is 22.8. The molecule has 0 rings (SSSR count). The number of carbonyl (C=O) groups excluding carboxylic acids is 3. The van der Waals surface area contributed by atoms with Crippen molar-refractivity contribution in [3.8, 4) is 0 Å². The summed E-state index contributed by atoms with van der Waals surface area (Å²) >= 11 is 0. The molecule has 0 bridgehead atoms. The maximum absolute atomic E-state index is 12.1. The van der Waals surface area contributed by atoms with Crippen LogP contribution in [0.3, 0.4) is 0 Å². The molecule has 25 heavy (non-hydrogen) atoms. The zero-order valence-electron chi connectivity index (χ0n) is 14.9. The van der Waals surface area contributed by atoms with Gasteiger partial charge in [-0.1, -0.05) is 20.3 Å². The highest BCUT2D eigenvalue weighted by Gasteiger charge is 2.29. The fraction of sp³-hybridized carbons (Fsp3) is 0.733. The van der Waals surface area contributed by atoms with Crippen LogP contribution < -0.4 is 21.7 Å². The van der Waals surface area contributed by atoms with E-state index in [1.807, 2.05) is 6.92 Å². The third-order valence-corrected chi connectivity index (χ3v) is 3.79. The summed E-state index contributed by atoms with van der Waals surface area (Å²) < 4.78 is 0. The summed E-state index contributed by atoms with van der Waals surface area (Å²) in [7, 11) is 0. The third-order valence-electron chi connectivity index (χ3n) is 3.79. The first-order valence-electron chi connectivity index (χ1n) is 8.05. The molecule has 0 aliphatic rings. The first-order chi connectivity index (χ1) is 11.5. The van der Waals surface area contributed by atoms with E-state index in [4.69, 9.17) is 10.8 Å². The maximum atomic E-state index is 12.1. The molecular weight excluding hydrogens is 332 g/mol. The summed E-state index contributed by atoms with van der Waals surface area (Å²) in [5.74, 6) is -3.40. The highest BCUT2D eigenvalue weighted by atomic mass is 16.4. The van der Waals surface area contributed by atoms with E-state index in [0.29, 0.717) is 6.42 Å². The monoisotopic (exact) mass is 360 g/mol. The van der Waals surface area contributed by atoms with Crippen molar-refractivity contribution in [2.45, 2.75) is 58.3 Å². The number of amides is 3. The molecule has 10 heteroatoms. The minimum atomic E-state index is -1.28. The van der Waals surface area contributed by atoms with E-state index in [-0.39, 0.29) is 5.92 Å². The van der Waals surface area contributed by atoms with Gasteiger partial charge in [0, 0.05) is 0 Å². The molecule has 0 fully saturated rings. The Hall–Kier alpha value is -2.20. The number of carboxylic acid groups (broad SMARTS) is 1. The summed E-state index contributed by atoms with van der Waals surface area (Å²) in [4.78, 5) is 46.3. The Morgan fingerprint density at radius 3 is 2.04 bits per heavy atom. The van der Waals surface area contributed by atoms with Crippen LogP contribution in [0.4, 0.5) is 0 Å². The Labute approximate surface area is 146 Å². The molecule has 144 valence electrons. The Kier molecular flexibility index (Phi) is 9.69. The van der Waals surface area contributed by atoms with Crippen LogP contribution in [0.5, 0.6) is 0 Å². The second kappa shape index (κ2) is 10.6. The molecule has 0 aliphatic heterocycles. The van der Waals surface area contributed by atoms with Crippen LogP contribution >= 0.6 is 0 Å². The zero-order valence-corrected chi connectivity index (χ0v) is 14.9. The van der Waals surface area contributed by atoms with E-state index in [1.54, 1.807) is 6.92 Å². The molecule has 10 nitrogen and oxygen atoms in total. The van der Waals surface area contributed by atoms with E-state index in [2.05, 4.69) is 16.0 Å². The van der Waals surface area contributed by atoms with Gasteiger partial charge in [-0.05, 0) is 19.8 Å². The van der Waals surface area contributed by atoms with Gasteiger partial charge < -0.3 is 31.9 Å². The molecule has 0 radical (unpaired) electrons. The van der Waals surface area contributed by atoms with Crippen molar-refractivity contribution in [2.75, 3.05) is 6.54 Å². The van der Waals surface area contributed by atoms with Crippen LogP contribution in [-0.4, -0.2) is 64.7 Å². The summed E-state index contributed by atoms with van der Waals surface area (Å²) in [5, 5.41) is 25.1. The quantitative estimate of drug-likeness (QED) is 0.260. The van der Waals surface area contributed by atoms with Crippen molar-refractivity contribution in [3.05, 3.63) is 0 Å². The molecule has 0 aromatic carbocycles. The molecule has 0 aliphatic carbocycles. The average molecular weight is 360 g/mol. The molecule has 7 N–H and O–H groups in total. The van der Waals surface area contributed by atoms with Crippen molar-refractivity contribution < 1.29 is 29.4 Å². The standard InChI is InChI=1S/C15H28N4O6/c1-5-7(2)11(16)13(22)19-12(9(4)20)14(23)17-6-10(21)18-8(3)15(24)25/h7-9,11-12,20H,5-6,16H2,1-4H3,(H,17,23)(H,18,21)(H,19,22)(H,24,25). The normalized spacial score (nSPS) is 16.7. The highest BCUT2D eigenvalue weighted by molar-refractivity contribution is 5.92. The van der Waals surface area contributed by atoms with Gasteiger partial charge in [-0.25, -0.2) is 0 Å². The van der Waals surface area contributed by atoms with Crippen LogP contribution in [0.25, 0.3) is 0 Å². The number of aliphatic carboxylic acids is 1. The van der Waals surface area contributed by atoms with Gasteiger partial charge in [0.1, 0.15) is 12.1 Å². The molecular formula is C15H28N4O6. The van der Waals surface area contributed by atoms with Gasteiger partial charge in [0.05, 0.1) is 18.7 Å². The number of aliphatic hydroxyl groups excluding tert-OH is 1. The highest BCUT2D eigenvalue weighted by Crippen LogP contribution is 2.06. The Morgan fingerprint density at radius 2 is 1.60 bits per heavy atom. The molecule has 0 saturated carbocycles. The Morgan fingerprint density at radius 1 is 1.04 bits per heavy atom. The van der Waals surface area contributed by atoms with Gasteiger partial charge in [0.2, 0.25) is 17.7 Å². The largest absolute Gasteiger partial charge is 0.480 e. The molecule has 3 amide bonds. The summed E-state index contributed by atoms with van der Waals surface area (Å²) in [6.07, 6.45) is -0.545. The smallest absolute Gasteiger partial charge is 0.325 e. The molecule has 5 atom stereocenters. The van der Waals surface area contributed by atoms with Crippen molar-refractivity contribution >= 4 is 23.7 Å². The lowest BCUT2D eigenvalue weighted by molar-refractivity contribution is -0.141. The first-order valence-corrected chi connectivity index (χ1v) is 8.05. The van der Waals surface area contributed by atoms with Gasteiger partial charge >= 0.3 is 5.97 Å². The number of rotatable bonds is 10. The van der Waals surface area contributed by atoms with Gasteiger partial charge in [-0.2, -0.15) is 0 Å². The number of hydrogen-bond acceptors (Lipinski definition) is 6. The number of carboxylic acids is 1. The number of nitrogens with two attached hydrogens (primary N) is 1. The summed E-state index contributed by atoms with van der Waals surface area (Å²) in [6.45, 7) is 5.75. The minimum absolute atomic E-state index is 0.110. The van der Waals surface area contributed by atoms with Gasteiger partial charge in [-0.3, -0.25) is 19.2 Å². The van der Waals surface area contributed by atoms with Crippen molar-refractivity contribution in [1.82, 2.24) is 16.0 Å². The Bertz CT molecular complexity index is 496. The topological polar surface area (TPSA) is 171 Å². The van der Waals surface area contributed by atoms with Crippen molar-refractivity contribution in [1.29, 1.82) is 0 Å². The molecule has 0 spiro atoms. The average Bonchev–Trinajstić information content (AvgIpc) is 2.55. The van der Waals surface area contributed by atoms with E-state index in [0.717, 1.165) is 0 Å². The summed E-state index contributed by atoms with van der Waals surface area (Å²) in [5.41, 5.74) is 5.78. The van der Waals surface area contributed by atoms with Crippen LogP contribution in [-0.2, 0) is 19.2 Å². The lowest BCUT2D eigenvalue weighted by Gasteiger charge is -2.24. The number of aliphatic hydroxyl groups is 1. The second-order valence-corrected chi connectivity index (χ2v) is 5.98.